The van der Waals surface area contributed by atoms with Crippen molar-refractivity contribution in [1.29, 1.82) is 0 Å². The van der Waals surface area contributed by atoms with Crippen LogP contribution in [0.1, 0.15) is 10.4 Å². The van der Waals surface area contributed by atoms with Crippen molar-refractivity contribution in [2.24, 2.45) is 0 Å². The van der Waals surface area contributed by atoms with Gasteiger partial charge in [0.15, 0.2) is 11.6 Å². The lowest BCUT2D eigenvalue weighted by molar-refractivity contribution is -0.130. The van der Waals surface area contributed by atoms with E-state index in [9.17, 15) is 9.18 Å². The first-order valence-electron chi connectivity index (χ1n) is 6.98. The quantitative estimate of drug-likeness (QED) is 0.694. The second-order valence-corrected chi connectivity index (χ2v) is 6.71. The van der Waals surface area contributed by atoms with Crippen LogP contribution in [-0.2, 0) is 17.8 Å². The molecule has 1 amide bonds. The van der Waals surface area contributed by atoms with Gasteiger partial charge >= 0.3 is 0 Å². The van der Waals surface area contributed by atoms with Crippen LogP contribution in [0, 0.1) is 5.82 Å². The van der Waals surface area contributed by atoms with Crippen LogP contribution in [0.2, 0.25) is 4.34 Å². The molecule has 0 N–H and O–H groups in total. The van der Waals surface area contributed by atoms with Crippen LogP contribution in [0.25, 0.3) is 0 Å². The van der Waals surface area contributed by atoms with Crippen LogP contribution < -0.4 is 4.74 Å². The van der Waals surface area contributed by atoms with Crippen molar-refractivity contribution in [3.05, 3.63) is 63.6 Å². The maximum atomic E-state index is 13.7. The topological polar surface area (TPSA) is 29.5 Å². The van der Waals surface area contributed by atoms with Gasteiger partial charge < -0.3 is 9.64 Å². The minimum absolute atomic E-state index is 0.0982. The third kappa shape index (κ3) is 4.81. The Balaban J connectivity index is 2.08. The second kappa shape index (κ2) is 8.13. The number of carbonyl (C=O) groups is 1. The number of thiophene rings is 1. The van der Waals surface area contributed by atoms with E-state index in [1.165, 1.54) is 30.6 Å². The van der Waals surface area contributed by atoms with Gasteiger partial charge in [0, 0.05) is 11.4 Å². The van der Waals surface area contributed by atoms with E-state index in [1.807, 2.05) is 6.07 Å². The highest BCUT2D eigenvalue weighted by Crippen LogP contribution is 2.23. The number of carbonyl (C=O) groups excluding carboxylic acids is 1. The van der Waals surface area contributed by atoms with Gasteiger partial charge in [-0.15, -0.1) is 17.9 Å². The molecule has 23 heavy (non-hydrogen) atoms. The first kappa shape index (κ1) is 17.5. The fourth-order valence-electron chi connectivity index (χ4n) is 2.14. The van der Waals surface area contributed by atoms with Crippen LogP contribution in [0.15, 0.2) is 43.0 Å². The number of nitrogens with zero attached hydrogens (tertiary/aromatic N) is 1. The van der Waals surface area contributed by atoms with Crippen molar-refractivity contribution in [2.45, 2.75) is 13.0 Å². The molecule has 1 aromatic heterocycles. The average molecular weight is 354 g/mol. The number of amides is 1. The number of ether oxygens (including phenoxy) is 1. The van der Waals surface area contributed by atoms with Crippen LogP contribution in [-0.4, -0.2) is 24.5 Å². The Bertz CT molecular complexity index is 702. The van der Waals surface area contributed by atoms with Gasteiger partial charge in [-0.2, -0.15) is 0 Å². The molecule has 0 radical (unpaired) electrons. The average Bonchev–Trinajstić information content (AvgIpc) is 2.92. The van der Waals surface area contributed by atoms with Crippen LogP contribution >= 0.6 is 22.9 Å². The zero-order chi connectivity index (χ0) is 16.8. The van der Waals surface area contributed by atoms with Crippen LogP contribution in [0.4, 0.5) is 4.39 Å². The molecule has 122 valence electrons. The first-order valence-corrected chi connectivity index (χ1v) is 8.18. The van der Waals surface area contributed by atoms with E-state index in [2.05, 4.69) is 6.58 Å². The second-order valence-electron chi connectivity index (χ2n) is 4.91. The highest BCUT2D eigenvalue weighted by molar-refractivity contribution is 7.16. The van der Waals surface area contributed by atoms with Gasteiger partial charge in [-0.25, -0.2) is 4.39 Å². The van der Waals surface area contributed by atoms with E-state index in [0.717, 1.165) is 4.88 Å². The number of hydrogen-bond acceptors (Lipinski definition) is 3. The number of methoxy groups -OCH3 is 1. The summed E-state index contributed by atoms with van der Waals surface area (Å²) in [6.07, 6.45) is 1.79. The highest BCUT2D eigenvalue weighted by atomic mass is 35.5. The Morgan fingerprint density at radius 3 is 2.78 bits per heavy atom. The van der Waals surface area contributed by atoms with Crippen molar-refractivity contribution >= 4 is 28.8 Å². The highest BCUT2D eigenvalue weighted by Gasteiger charge is 2.15. The summed E-state index contributed by atoms with van der Waals surface area (Å²) in [7, 11) is 1.40. The predicted molar refractivity (Wildman–Crippen MR) is 91.6 cm³/mol. The maximum Gasteiger partial charge on any atom is 0.227 e. The fourth-order valence-corrected chi connectivity index (χ4v) is 3.24. The van der Waals surface area contributed by atoms with Gasteiger partial charge in [-0.05, 0) is 29.8 Å². The molecule has 0 fully saturated rings. The third-order valence-electron chi connectivity index (χ3n) is 3.25. The monoisotopic (exact) mass is 353 g/mol. The number of rotatable bonds is 7. The van der Waals surface area contributed by atoms with Gasteiger partial charge in [0.1, 0.15) is 0 Å². The number of benzene rings is 1. The number of hydrogen-bond donors (Lipinski definition) is 0. The fraction of sp³-hybridized carbons (Fsp3) is 0.235. The van der Waals surface area contributed by atoms with E-state index < -0.39 is 5.82 Å². The molecule has 0 aliphatic rings. The van der Waals surface area contributed by atoms with Crippen LogP contribution in [0.5, 0.6) is 5.75 Å². The lowest BCUT2D eigenvalue weighted by Gasteiger charge is -2.20. The van der Waals surface area contributed by atoms with Gasteiger partial charge in [-0.3, -0.25) is 4.79 Å². The Hall–Kier alpha value is -1.85. The Morgan fingerprint density at radius 2 is 2.22 bits per heavy atom. The summed E-state index contributed by atoms with van der Waals surface area (Å²) in [4.78, 5) is 15.1. The predicted octanol–water partition coefficient (Wildman–Crippen LogP) is 4.31. The molecule has 6 heteroatoms. The summed E-state index contributed by atoms with van der Waals surface area (Å²) in [5.74, 6) is -0.408. The Labute approximate surface area is 143 Å². The summed E-state index contributed by atoms with van der Waals surface area (Å²) >= 11 is 7.35. The molecule has 0 saturated heterocycles. The Morgan fingerprint density at radius 1 is 1.43 bits per heavy atom. The zero-order valence-electron chi connectivity index (χ0n) is 12.7. The summed E-state index contributed by atoms with van der Waals surface area (Å²) < 4.78 is 19.3. The molecular formula is C17H17ClFNO2S. The minimum Gasteiger partial charge on any atom is -0.494 e. The molecule has 1 heterocycles. The van der Waals surface area contributed by atoms with Crippen molar-refractivity contribution in [1.82, 2.24) is 4.90 Å². The third-order valence-corrected chi connectivity index (χ3v) is 4.47. The molecule has 0 bridgehead atoms. The molecule has 0 atom stereocenters. The van der Waals surface area contributed by atoms with Gasteiger partial charge in [0.25, 0.3) is 0 Å². The van der Waals surface area contributed by atoms with Gasteiger partial charge in [-0.1, -0.05) is 23.7 Å². The van der Waals surface area contributed by atoms with Crippen molar-refractivity contribution < 1.29 is 13.9 Å². The van der Waals surface area contributed by atoms with E-state index in [-0.39, 0.29) is 18.1 Å². The molecule has 0 aliphatic carbocycles. The molecular weight excluding hydrogens is 337 g/mol. The van der Waals surface area contributed by atoms with Gasteiger partial charge in [0.05, 0.1) is 24.4 Å². The molecule has 0 aliphatic heterocycles. The van der Waals surface area contributed by atoms with E-state index in [4.69, 9.17) is 16.3 Å². The standard InChI is InChI=1S/C17H17ClFNO2S/c1-3-8-20(11-13-5-7-16(18)23-13)17(21)10-12-4-6-15(22-2)14(19)9-12/h3-7,9H,1,8,10-11H2,2H3. The summed E-state index contributed by atoms with van der Waals surface area (Å²) in [6.45, 7) is 4.56. The SMILES string of the molecule is C=CCN(Cc1ccc(Cl)s1)C(=O)Cc1ccc(OC)c(F)c1. The van der Waals surface area contributed by atoms with Crippen molar-refractivity contribution in [3.8, 4) is 5.75 Å². The largest absolute Gasteiger partial charge is 0.494 e. The molecule has 0 spiro atoms. The molecule has 1 aromatic carbocycles. The zero-order valence-corrected chi connectivity index (χ0v) is 14.3. The maximum absolute atomic E-state index is 13.7. The molecule has 0 saturated carbocycles. The summed E-state index contributed by atoms with van der Waals surface area (Å²) in [6, 6.07) is 8.23. The molecule has 2 aromatic rings. The van der Waals surface area contributed by atoms with Gasteiger partial charge in [0.2, 0.25) is 5.91 Å². The van der Waals surface area contributed by atoms with E-state index in [0.29, 0.717) is 23.0 Å². The normalized spacial score (nSPS) is 10.4. The summed E-state index contributed by atoms with van der Waals surface area (Å²) in [5.41, 5.74) is 0.603. The van der Waals surface area contributed by atoms with Crippen molar-refractivity contribution in [2.75, 3.05) is 13.7 Å². The first-order chi connectivity index (χ1) is 11.0. The lowest BCUT2D eigenvalue weighted by atomic mass is 10.1. The van der Waals surface area contributed by atoms with Crippen molar-refractivity contribution in [3.63, 3.8) is 0 Å². The molecule has 2 rings (SSSR count). The minimum atomic E-state index is -0.474. The van der Waals surface area contributed by atoms with E-state index >= 15 is 0 Å². The van der Waals surface area contributed by atoms with Crippen LogP contribution in [0.3, 0.4) is 0 Å². The molecule has 3 nitrogen and oxygen atoms in total. The Kier molecular flexibility index (Phi) is 6.19. The van der Waals surface area contributed by atoms with E-state index in [1.54, 1.807) is 23.1 Å². The summed E-state index contributed by atoms with van der Waals surface area (Å²) in [5, 5.41) is 0. The smallest absolute Gasteiger partial charge is 0.227 e. The molecule has 0 unspecified atom stereocenters. The lowest BCUT2D eigenvalue weighted by Crippen LogP contribution is -2.31. The number of halogens is 2.